The number of Topliss-reactive ketones (excluding diaryl/α,β-unsaturated/α-hetero) is 1. The molecule has 4 N–H and O–H groups in total. The summed E-state index contributed by atoms with van der Waals surface area (Å²) in [7, 11) is -0.675. The monoisotopic (exact) mass is 706 g/mol. The van der Waals surface area contributed by atoms with Gasteiger partial charge in [-0.25, -0.2) is 17.5 Å². The Kier molecular flexibility index (Phi) is 10.5. The maximum absolute atomic E-state index is 14.5. The van der Waals surface area contributed by atoms with Gasteiger partial charge in [-0.05, 0) is 67.1 Å². The van der Waals surface area contributed by atoms with Crippen LogP contribution in [0.2, 0.25) is 0 Å². The highest BCUT2D eigenvalue weighted by atomic mass is 32.2. The summed E-state index contributed by atoms with van der Waals surface area (Å²) in [6.07, 6.45) is 8.46. The molecule has 4 aliphatic carbocycles. The third-order valence-corrected chi connectivity index (χ3v) is 13.7. The molecule has 276 valence electrons. The Morgan fingerprint density at radius 3 is 2.12 bits per heavy atom. The molecule has 5 fully saturated rings. The van der Waals surface area contributed by atoms with Gasteiger partial charge in [-0.2, -0.15) is 0 Å². The summed E-state index contributed by atoms with van der Waals surface area (Å²) in [5.41, 5.74) is -1.91. The van der Waals surface area contributed by atoms with Gasteiger partial charge in [0.05, 0.1) is 17.3 Å². The number of fused-ring (bicyclic) bond motifs is 1. The van der Waals surface area contributed by atoms with Crippen molar-refractivity contribution < 1.29 is 32.4 Å². The van der Waals surface area contributed by atoms with E-state index in [1.165, 1.54) is 18.4 Å². The number of rotatable bonds is 14. The second-order valence-electron chi connectivity index (χ2n) is 17.4. The Morgan fingerprint density at radius 1 is 0.939 bits per heavy atom. The molecular weight excluding hydrogens is 648 g/mol. The molecule has 0 aromatic heterocycles. The summed E-state index contributed by atoms with van der Waals surface area (Å²) in [4.78, 5) is 69.9. The number of carbonyl (C=O) groups excluding carboxylic acids is 5. The van der Waals surface area contributed by atoms with E-state index < -0.39 is 68.6 Å². The fraction of sp³-hybridized carbons (Fsp3) is 0.857. The van der Waals surface area contributed by atoms with Crippen molar-refractivity contribution in [2.45, 2.75) is 135 Å². The van der Waals surface area contributed by atoms with E-state index in [4.69, 9.17) is 0 Å². The lowest BCUT2D eigenvalue weighted by atomic mass is 9.83. The first-order valence-corrected chi connectivity index (χ1v) is 19.8. The minimum atomic E-state index is -3.63. The van der Waals surface area contributed by atoms with Crippen LogP contribution in [-0.4, -0.2) is 103 Å². The zero-order valence-electron chi connectivity index (χ0n) is 30.4. The second kappa shape index (κ2) is 13.8. The number of carbonyl (C=O) groups is 5. The molecule has 4 saturated carbocycles. The first-order chi connectivity index (χ1) is 22.8. The van der Waals surface area contributed by atoms with E-state index in [2.05, 4.69) is 35.1 Å². The van der Waals surface area contributed by atoms with E-state index in [1.54, 1.807) is 4.90 Å². The van der Waals surface area contributed by atoms with Crippen molar-refractivity contribution in [3.8, 4) is 0 Å². The van der Waals surface area contributed by atoms with Crippen LogP contribution in [-0.2, 0) is 29.2 Å². The molecule has 1 aliphatic heterocycles. The third kappa shape index (κ3) is 8.60. The van der Waals surface area contributed by atoms with Gasteiger partial charge in [0.25, 0.3) is 5.91 Å². The van der Waals surface area contributed by atoms with Crippen LogP contribution in [0.25, 0.3) is 0 Å². The van der Waals surface area contributed by atoms with E-state index in [1.807, 2.05) is 20.8 Å². The Balaban J connectivity index is 1.33. The van der Waals surface area contributed by atoms with Gasteiger partial charge in [0.1, 0.15) is 12.1 Å². The number of hydrogen-bond donors (Lipinski definition) is 4. The molecule has 0 spiro atoms. The molecule has 1 saturated heterocycles. The number of urea groups is 1. The summed E-state index contributed by atoms with van der Waals surface area (Å²) in [5.74, 6) is -1.99. The molecule has 0 bridgehead atoms. The van der Waals surface area contributed by atoms with E-state index in [9.17, 15) is 32.4 Å². The average molecular weight is 707 g/mol. The van der Waals surface area contributed by atoms with E-state index >= 15 is 0 Å². The molecule has 13 nitrogen and oxygen atoms in total. The lowest BCUT2D eigenvalue weighted by Crippen LogP contribution is -2.64. The summed E-state index contributed by atoms with van der Waals surface area (Å²) < 4.78 is 27.0. The standard InChI is InChI=1S/C35H58N6O7S/c1-33(2,3)28(38-32(46)39-35(17-9-8-10-18-35)20-49(47,48)40(6)7)31(45)41-19-23-25(34(23,4)5)26(41)29(43)37-24(16-13-21-11-12-21)27(42)30(44)36-22-14-15-22/h21-26,28H,8-20H2,1-7H3,(H,36,44)(H,37,43)(H2,38,39,46)/t23-,24-,25-,26-,28+/m0/s1. The number of nitrogens with zero attached hydrogens (tertiary/aromatic N) is 2. The molecule has 0 aromatic rings. The van der Waals surface area contributed by atoms with E-state index in [-0.39, 0.29) is 29.0 Å². The lowest BCUT2D eigenvalue weighted by molar-refractivity contribution is -0.145. The zero-order chi connectivity index (χ0) is 36.1. The molecule has 0 unspecified atom stereocenters. The molecule has 5 amide bonds. The van der Waals surface area contributed by atoms with Crippen molar-refractivity contribution in [2.24, 2.45) is 28.6 Å². The van der Waals surface area contributed by atoms with Gasteiger partial charge in [0.2, 0.25) is 27.6 Å². The number of sulfonamides is 1. The second-order valence-corrected chi connectivity index (χ2v) is 19.5. The molecule has 5 aliphatic rings. The Bertz CT molecular complexity index is 1430. The van der Waals surface area contributed by atoms with E-state index in [0.29, 0.717) is 31.7 Å². The maximum atomic E-state index is 14.5. The predicted octanol–water partition coefficient (Wildman–Crippen LogP) is 2.30. The number of likely N-dealkylation sites (tertiary alicyclic amines) is 1. The topological polar surface area (TPSA) is 174 Å². The Morgan fingerprint density at radius 2 is 1.57 bits per heavy atom. The van der Waals surface area contributed by atoms with Crippen LogP contribution in [0.4, 0.5) is 4.79 Å². The molecule has 5 atom stereocenters. The normalized spacial score (nSPS) is 27.0. The van der Waals surface area contributed by atoms with Crippen molar-refractivity contribution in [1.29, 1.82) is 0 Å². The van der Waals surface area contributed by atoms with Gasteiger partial charge >= 0.3 is 6.03 Å². The van der Waals surface area contributed by atoms with Crippen molar-refractivity contribution in [3.63, 3.8) is 0 Å². The SMILES string of the molecule is CN(C)S(=O)(=O)CC1(NC(=O)N[C@H](C(=O)N2C[C@H]3[C@@H]([C@H]2C(=O)N[C@@H](CCC2CC2)C(=O)C(=O)NC2CC2)C3(C)C)C(C)(C)C)CCCCC1. The summed E-state index contributed by atoms with van der Waals surface area (Å²) in [6.45, 7) is 9.98. The van der Waals surface area contributed by atoms with Crippen LogP contribution >= 0.6 is 0 Å². The Labute approximate surface area is 291 Å². The van der Waals surface area contributed by atoms with Crippen molar-refractivity contribution in [1.82, 2.24) is 30.5 Å². The van der Waals surface area contributed by atoms with Crippen molar-refractivity contribution in [2.75, 3.05) is 26.4 Å². The molecule has 5 rings (SSSR count). The zero-order valence-corrected chi connectivity index (χ0v) is 31.2. The third-order valence-electron chi connectivity index (χ3n) is 11.7. The fourth-order valence-electron chi connectivity index (χ4n) is 8.03. The minimum absolute atomic E-state index is 0.0108. The molecular formula is C35H58N6O7S. The quantitative estimate of drug-likeness (QED) is 0.201. The maximum Gasteiger partial charge on any atom is 0.315 e. The van der Waals surface area contributed by atoms with Gasteiger partial charge in [0, 0.05) is 26.7 Å². The highest BCUT2D eigenvalue weighted by Gasteiger charge is 2.70. The number of nitrogens with one attached hydrogen (secondary N) is 4. The number of piperidine rings is 1. The number of amides is 5. The van der Waals surface area contributed by atoms with E-state index in [0.717, 1.165) is 51.4 Å². The number of ketones is 1. The van der Waals surface area contributed by atoms with Crippen LogP contribution < -0.4 is 21.3 Å². The predicted molar refractivity (Wildman–Crippen MR) is 185 cm³/mol. The van der Waals surface area contributed by atoms with Crippen LogP contribution in [0.1, 0.15) is 105 Å². The van der Waals surface area contributed by atoms with Gasteiger partial charge in [-0.3, -0.25) is 19.2 Å². The van der Waals surface area contributed by atoms with Gasteiger partial charge in [0.15, 0.2) is 0 Å². The fourth-order valence-corrected chi connectivity index (χ4v) is 9.34. The lowest BCUT2D eigenvalue weighted by Gasteiger charge is -2.41. The summed E-state index contributed by atoms with van der Waals surface area (Å²) >= 11 is 0. The van der Waals surface area contributed by atoms with Crippen molar-refractivity contribution >= 4 is 39.6 Å². The molecule has 14 heteroatoms. The highest BCUT2D eigenvalue weighted by molar-refractivity contribution is 7.89. The van der Waals surface area contributed by atoms with Crippen molar-refractivity contribution in [3.05, 3.63) is 0 Å². The molecule has 1 heterocycles. The highest BCUT2D eigenvalue weighted by Crippen LogP contribution is 2.65. The van der Waals surface area contributed by atoms with Crippen LogP contribution in [0.15, 0.2) is 0 Å². The Hall–Kier alpha value is -2.74. The van der Waals surface area contributed by atoms with Crippen LogP contribution in [0.3, 0.4) is 0 Å². The van der Waals surface area contributed by atoms with Gasteiger partial charge in [-0.15, -0.1) is 0 Å². The minimum Gasteiger partial charge on any atom is -0.347 e. The first-order valence-electron chi connectivity index (χ1n) is 18.2. The smallest absolute Gasteiger partial charge is 0.315 e. The summed E-state index contributed by atoms with van der Waals surface area (Å²) in [5, 5.41) is 11.5. The van der Waals surface area contributed by atoms with Gasteiger partial charge < -0.3 is 26.2 Å². The van der Waals surface area contributed by atoms with Gasteiger partial charge in [-0.1, -0.05) is 66.7 Å². The largest absolute Gasteiger partial charge is 0.347 e. The first kappa shape index (κ1) is 37.5. The summed E-state index contributed by atoms with van der Waals surface area (Å²) in [6, 6.07) is -3.47. The van der Waals surface area contributed by atoms with Crippen LogP contribution in [0, 0.1) is 28.6 Å². The number of hydrogen-bond acceptors (Lipinski definition) is 7. The molecule has 49 heavy (non-hydrogen) atoms. The average Bonchev–Trinajstić information content (AvgIpc) is 3.96. The van der Waals surface area contributed by atoms with Crippen LogP contribution in [0.5, 0.6) is 0 Å². The molecule has 0 radical (unpaired) electrons. The molecule has 0 aromatic carbocycles.